The molecule has 0 aliphatic rings. The van der Waals surface area contributed by atoms with Crippen LogP contribution in [0.2, 0.25) is 0 Å². The van der Waals surface area contributed by atoms with Gasteiger partial charge in [-0.05, 0) is 54.8 Å². The summed E-state index contributed by atoms with van der Waals surface area (Å²) in [5, 5.41) is 3.35. The fraction of sp³-hybridized carbons (Fsp3) is 0.440. The molecule has 1 amide bonds. The molecule has 0 saturated heterocycles. The Kier molecular flexibility index (Phi) is 7.80. The van der Waals surface area contributed by atoms with Gasteiger partial charge in [0.1, 0.15) is 11.6 Å². The Bertz CT molecular complexity index is 1030. The molecule has 0 fully saturated rings. The zero-order valence-corrected chi connectivity index (χ0v) is 19.0. The van der Waals surface area contributed by atoms with E-state index in [9.17, 15) is 9.18 Å². The van der Waals surface area contributed by atoms with Crippen LogP contribution in [0.1, 0.15) is 55.9 Å². The molecule has 2 aromatic carbocycles. The number of nitrogens with zero attached hydrogens (tertiary/aromatic N) is 3. The lowest BCUT2D eigenvalue weighted by Gasteiger charge is -2.25. The number of benzene rings is 2. The number of hydrogen-bond acceptors (Lipinski definition) is 3. The van der Waals surface area contributed by atoms with Crippen LogP contribution in [-0.4, -0.2) is 33.4 Å². The van der Waals surface area contributed by atoms with Gasteiger partial charge in [-0.25, -0.2) is 9.37 Å². The first kappa shape index (κ1) is 22.9. The average molecular weight is 425 g/mol. The summed E-state index contributed by atoms with van der Waals surface area (Å²) in [6, 6.07) is 12.3. The zero-order chi connectivity index (χ0) is 22.4. The molecule has 3 aromatic rings. The van der Waals surface area contributed by atoms with Crippen molar-refractivity contribution in [2.24, 2.45) is 5.92 Å². The molecule has 1 N–H and O–H groups in total. The van der Waals surface area contributed by atoms with Crippen LogP contribution in [0.4, 0.5) is 4.39 Å². The highest BCUT2D eigenvalue weighted by Crippen LogP contribution is 2.21. The summed E-state index contributed by atoms with van der Waals surface area (Å²) < 4.78 is 15.9. The van der Waals surface area contributed by atoms with E-state index in [1.807, 2.05) is 0 Å². The van der Waals surface area contributed by atoms with Gasteiger partial charge in [0.15, 0.2) is 0 Å². The van der Waals surface area contributed by atoms with Crippen molar-refractivity contribution in [2.45, 2.75) is 53.8 Å². The minimum absolute atomic E-state index is 0.170. The van der Waals surface area contributed by atoms with E-state index in [4.69, 9.17) is 4.98 Å². The molecule has 0 saturated carbocycles. The van der Waals surface area contributed by atoms with Gasteiger partial charge in [-0.15, -0.1) is 0 Å². The Morgan fingerprint density at radius 2 is 2.00 bits per heavy atom. The maximum Gasteiger partial charge on any atom is 0.254 e. The molecule has 3 rings (SSSR count). The number of amides is 1. The molecular formula is C25H33FN4O. The SMILES string of the molecule is CCCn1c(CN(CC(C)C)C(=O)c2cccc(F)c2)nc2cc(CNCC)ccc21. The Hall–Kier alpha value is -2.73. The molecule has 1 aromatic heterocycles. The van der Waals surface area contributed by atoms with Gasteiger partial charge in [0, 0.05) is 25.2 Å². The van der Waals surface area contributed by atoms with E-state index in [1.54, 1.807) is 17.0 Å². The standard InChI is InChI=1S/C25H33FN4O/c1-5-12-30-23-11-10-19(15-27-6-2)13-22(23)28-24(30)17-29(16-18(3)4)25(31)20-8-7-9-21(26)14-20/h7-11,13-14,18,27H,5-6,12,15-17H2,1-4H3. The summed E-state index contributed by atoms with van der Waals surface area (Å²) in [6.45, 7) is 11.9. The number of halogens is 1. The van der Waals surface area contributed by atoms with E-state index in [2.05, 4.69) is 55.8 Å². The minimum atomic E-state index is -0.401. The molecule has 0 aliphatic carbocycles. The van der Waals surface area contributed by atoms with Gasteiger partial charge >= 0.3 is 0 Å². The van der Waals surface area contributed by atoms with Gasteiger partial charge in [-0.2, -0.15) is 0 Å². The third-order valence-corrected chi connectivity index (χ3v) is 5.19. The van der Waals surface area contributed by atoms with Crippen LogP contribution in [0.5, 0.6) is 0 Å². The van der Waals surface area contributed by atoms with Crippen molar-refractivity contribution in [3.05, 3.63) is 65.2 Å². The van der Waals surface area contributed by atoms with Gasteiger partial charge < -0.3 is 14.8 Å². The number of hydrogen-bond donors (Lipinski definition) is 1. The van der Waals surface area contributed by atoms with Crippen molar-refractivity contribution in [2.75, 3.05) is 13.1 Å². The first-order valence-corrected chi connectivity index (χ1v) is 11.2. The Morgan fingerprint density at radius 1 is 1.19 bits per heavy atom. The predicted octanol–water partition coefficient (Wildman–Crippen LogP) is 4.99. The first-order chi connectivity index (χ1) is 14.9. The van der Waals surface area contributed by atoms with Crippen molar-refractivity contribution in [3.63, 3.8) is 0 Å². The second-order valence-corrected chi connectivity index (χ2v) is 8.37. The van der Waals surface area contributed by atoms with Gasteiger partial charge in [0.05, 0.1) is 17.6 Å². The summed E-state index contributed by atoms with van der Waals surface area (Å²) in [5.74, 6) is 0.578. The summed E-state index contributed by atoms with van der Waals surface area (Å²) in [5.41, 5.74) is 3.59. The third kappa shape index (κ3) is 5.70. The monoisotopic (exact) mass is 424 g/mol. The number of aromatic nitrogens is 2. The van der Waals surface area contributed by atoms with E-state index in [0.717, 1.165) is 42.9 Å². The van der Waals surface area contributed by atoms with E-state index in [1.165, 1.54) is 17.7 Å². The molecule has 31 heavy (non-hydrogen) atoms. The van der Waals surface area contributed by atoms with Crippen LogP contribution in [0.15, 0.2) is 42.5 Å². The number of nitrogens with one attached hydrogen (secondary N) is 1. The van der Waals surface area contributed by atoms with Crippen LogP contribution in [-0.2, 0) is 19.6 Å². The molecule has 6 heteroatoms. The van der Waals surface area contributed by atoms with Crippen molar-refractivity contribution < 1.29 is 9.18 Å². The van der Waals surface area contributed by atoms with Crippen LogP contribution in [0, 0.1) is 11.7 Å². The molecular weight excluding hydrogens is 391 g/mol. The van der Waals surface area contributed by atoms with Crippen molar-refractivity contribution in [3.8, 4) is 0 Å². The lowest BCUT2D eigenvalue weighted by Crippen LogP contribution is -2.34. The number of carbonyl (C=O) groups is 1. The maximum absolute atomic E-state index is 13.7. The molecule has 5 nitrogen and oxygen atoms in total. The Morgan fingerprint density at radius 3 is 2.68 bits per heavy atom. The third-order valence-electron chi connectivity index (χ3n) is 5.19. The quantitative estimate of drug-likeness (QED) is 0.499. The molecule has 0 radical (unpaired) electrons. The number of aryl methyl sites for hydroxylation is 1. The van der Waals surface area contributed by atoms with E-state index >= 15 is 0 Å². The second-order valence-electron chi connectivity index (χ2n) is 8.37. The molecule has 166 valence electrons. The van der Waals surface area contributed by atoms with Gasteiger partial charge in [-0.1, -0.05) is 39.8 Å². The largest absolute Gasteiger partial charge is 0.331 e. The molecule has 0 bridgehead atoms. The number of rotatable bonds is 10. The van der Waals surface area contributed by atoms with Gasteiger partial charge in [0.2, 0.25) is 0 Å². The van der Waals surface area contributed by atoms with Crippen molar-refractivity contribution >= 4 is 16.9 Å². The molecule has 0 unspecified atom stereocenters. The summed E-state index contributed by atoms with van der Waals surface area (Å²) in [7, 11) is 0. The topological polar surface area (TPSA) is 50.2 Å². The van der Waals surface area contributed by atoms with Gasteiger partial charge in [0.25, 0.3) is 5.91 Å². The second kappa shape index (κ2) is 10.5. The minimum Gasteiger partial charge on any atom is -0.331 e. The van der Waals surface area contributed by atoms with Crippen LogP contribution < -0.4 is 5.32 Å². The molecule has 1 heterocycles. The zero-order valence-electron chi connectivity index (χ0n) is 19.0. The summed E-state index contributed by atoms with van der Waals surface area (Å²) in [6.07, 6.45) is 0.972. The highest BCUT2D eigenvalue weighted by atomic mass is 19.1. The van der Waals surface area contributed by atoms with E-state index < -0.39 is 5.82 Å². The summed E-state index contributed by atoms with van der Waals surface area (Å²) in [4.78, 5) is 19.9. The van der Waals surface area contributed by atoms with Gasteiger partial charge in [-0.3, -0.25) is 4.79 Å². The van der Waals surface area contributed by atoms with Crippen LogP contribution >= 0.6 is 0 Å². The van der Waals surface area contributed by atoms with E-state index in [0.29, 0.717) is 18.7 Å². The number of imidazole rings is 1. The molecule has 0 aliphatic heterocycles. The van der Waals surface area contributed by atoms with Crippen LogP contribution in [0.3, 0.4) is 0 Å². The van der Waals surface area contributed by atoms with Crippen LogP contribution in [0.25, 0.3) is 11.0 Å². The lowest BCUT2D eigenvalue weighted by molar-refractivity contribution is 0.0715. The van der Waals surface area contributed by atoms with E-state index in [-0.39, 0.29) is 11.8 Å². The highest BCUT2D eigenvalue weighted by Gasteiger charge is 2.21. The predicted molar refractivity (Wildman–Crippen MR) is 123 cm³/mol. The number of fused-ring (bicyclic) bond motifs is 1. The van der Waals surface area contributed by atoms with Crippen molar-refractivity contribution in [1.82, 2.24) is 19.8 Å². The summed E-state index contributed by atoms with van der Waals surface area (Å²) >= 11 is 0. The normalized spacial score (nSPS) is 11.4. The highest BCUT2D eigenvalue weighted by molar-refractivity contribution is 5.94. The Balaban J connectivity index is 1.96. The Labute approximate surface area is 184 Å². The molecule has 0 spiro atoms. The fourth-order valence-electron chi connectivity index (χ4n) is 3.83. The first-order valence-electron chi connectivity index (χ1n) is 11.2. The fourth-order valence-corrected chi connectivity index (χ4v) is 3.83. The van der Waals surface area contributed by atoms with Crippen molar-refractivity contribution in [1.29, 1.82) is 0 Å². The average Bonchev–Trinajstić information content (AvgIpc) is 3.07. The number of carbonyl (C=O) groups excluding carboxylic acids is 1. The maximum atomic E-state index is 13.7. The smallest absolute Gasteiger partial charge is 0.254 e. The lowest BCUT2D eigenvalue weighted by atomic mass is 10.1. The molecule has 0 atom stereocenters.